The van der Waals surface area contributed by atoms with E-state index in [1.807, 2.05) is 0 Å². The first-order chi connectivity index (χ1) is 8.63. The molecule has 1 aliphatic carbocycles. The molecule has 1 saturated heterocycles. The third kappa shape index (κ3) is 3.45. The van der Waals surface area contributed by atoms with Crippen LogP contribution in [0, 0.1) is 5.41 Å². The summed E-state index contributed by atoms with van der Waals surface area (Å²) in [6, 6.07) is -0.0675. The van der Waals surface area contributed by atoms with Gasteiger partial charge in [-0.3, -0.25) is 4.79 Å². The molecule has 0 aromatic rings. The quantitative estimate of drug-likeness (QED) is 0.798. The highest BCUT2D eigenvalue weighted by molar-refractivity contribution is 5.82. The molecule has 0 bridgehead atoms. The van der Waals surface area contributed by atoms with E-state index in [1.54, 1.807) is 7.11 Å². The van der Waals surface area contributed by atoms with Gasteiger partial charge in [0, 0.05) is 20.2 Å². The van der Waals surface area contributed by atoms with Crippen LogP contribution in [0.2, 0.25) is 0 Å². The molecule has 0 radical (unpaired) electrons. The van der Waals surface area contributed by atoms with E-state index in [0.717, 1.165) is 19.5 Å². The first-order valence-electron chi connectivity index (χ1n) is 7.17. The van der Waals surface area contributed by atoms with E-state index in [9.17, 15) is 4.79 Å². The van der Waals surface area contributed by atoms with Crippen LogP contribution < -0.4 is 10.6 Å². The molecule has 1 aliphatic heterocycles. The van der Waals surface area contributed by atoms with Crippen LogP contribution in [0.1, 0.15) is 45.4 Å². The van der Waals surface area contributed by atoms with E-state index >= 15 is 0 Å². The molecule has 104 valence electrons. The zero-order chi connectivity index (χ0) is 13.0. The number of methoxy groups -OCH3 is 1. The maximum atomic E-state index is 12.1. The summed E-state index contributed by atoms with van der Waals surface area (Å²) in [5.41, 5.74) is 0.313. The van der Waals surface area contributed by atoms with Crippen molar-refractivity contribution >= 4 is 5.91 Å². The lowest BCUT2D eigenvalue weighted by Crippen LogP contribution is -2.45. The fraction of sp³-hybridized carbons (Fsp3) is 0.929. The number of carbonyl (C=O) groups excluding carboxylic acids is 1. The molecule has 2 aliphatic rings. The first kappa shape index (κ1) is 13.8. The third-order valence-corrected chi connectivity index (χ3v) is 4.49. The molecule has 1 amide bonds. The van der Waals surface area contributed by atoms with Gasteiger partial charge in [-0.2, -0.15) is 0 Å². The predicted octanol–water partition coefficient (Wildman–Crippen LogP) is 1.45. The standard InChI is InChI=1S/C14H26N2O2/c1-14(6-4-3-5-7-14)10-16-13(17)12-8-11(18-2)9-15-12/h11-12,15H,3-10H2,1-2H3,(H,16,17). The summed E-state index contributed by atoms with van der Waals surface area (Å²) in [6.45, 7) is 3.90. The van der Waals surface area contributed by atoms with E-state index in [1.165, 1.54) is 32.1 Å². The highest BCUT2D eigenvalue weighted by atomic mass is 16.5. The highest BCUT2D eigenvalue weighted by Crippen LogP contribution is 2.34. The van der Waals surface area contributed by atoms with Crippen molar-refractivity contribution in [2.45, 2.75) is 57.6 Å². The topological polar surface area (TPSA) is 50.4 Å². The minimum atomic E-state index is -0.0675. The molecule has 1 heterocycles. The van der Waals surface area contributed by atoms with Crippen molar-refractivity contribution < 1.29 is 9.53 Å². The molecule has 0 aromatic carbocycles. The first-order valence-corrected chi connectivity index (χ1v) is 7.17. The van der Waals surface area contributed by atoms with Gasteiger partial charge in [-0.05, 0) is 24.7 Å². The largest absolute Gasteiger partial charge is 0.380 e. The summed E-state index contributed by atoms with van der Waals surface area (Å²) >= 11 is 0. The Labute approximate surface area is 110 Å². The minimum Gasteiger partial charge on any atom is -0.380 e. The zero-order valence-corrected chi connectivity index (χ0v) is 11.6. The maximum absolute atomic E-state index is 12.1. The summed E-state index contributed by atoms with van der Waals surface area (Å²) in [4.78, 5) is 12.1. The second kappa shape index (κ2) is 6.02. The van der Waals surface area contributed by atoms with E-state index in [0.29, 0.717) is 5.41 Å². The summed E-state index contributed by atoms with van der Waals surface area (Å²) in [5.74, 6) is 0.140. The molecule has 2 fully saturated rings. The number of hydrogen-bond acceptors (Lipinski definition) is 3. The van der Waals surface area contributed by atoms with E-state index in [2.05, 4.69) is 17.6 Å². The zero-order valence-electron chi connectivity index (χ0n) is 11.6. The Morgan fingerprint density at radius 1 is 1.39 bits per heavy atom. The van der Waals surface area contributed by atoms with Gasteiger partial charge < -0.3 is 15.4 Å². The van der Waals surface area contributed by atoms with Gasteiger partial charge >= 0.3 is 0 Å². The third-order valence-electron chi connectivity index (χ3n) is 4.49. The van der Waals surface area contributed by atoms with Gasteiger partial charge in [-0.15, -0.1) is 0 Å². The second-order valence-corrected chi connectivity index (χ2v) is 6.14. The van der Waals surface area contributed by atoms with Crippen LogP contribution in [0.25, 0.3) is 0 Å². The lowest BCUT2D eigenvalue weighted by atomic mass is 9.76. The van der Waals surface area contributed by atoms with Crippen molar-refractivity contribution in [2.75, 3.05) is 20.2 Å². The van der Waals surface area contributed by atoms with E-state index in [4.69, 9.17) is 4.74 Å². The summed E-state index contributed by atoms with van der Waals surface area (Å²) in [7, 11) is 1.70. The molecule has 2 rings (SSSR count). The smallest absolute Gasteiger partial charge is 0.237 e. The summed E-state index contributed by atoms with van der Waals surface area (Å²) in [5, 5.41) is 6.34. The molecule has 4 nitrogen and oxygen atoms in total. The maximum Gasteiger partial charge on any atom is 0.237 e. The predicted molar refractivity (Wildman–Crippen MR) is 71.4 cm³/mol. The molecular weight excluding hydrogens is 228 g/mol. The van der Waals surface area contributed by atoms with Gasteiger partial charge in [0.1, 0.15) is 0 Å². The number of hydrogen-bond donors (Lipinski definition) is 2. The van der Waals surface area contributed by atoms with Gasteiger partial charge in [-0.25, -0.2) is 0 Å². The Kier molecular flexibility index (Phi) is 4.62. The molecule has 2 unspecified atom stereocenters. The molecule has 18 heavy (non-hydrogen) atoms. The van der Waals surface area contributed by atoms with Crippen LogP contribution in [-0.2, 0) is 9.53 Å². The van der Waals surface area contributed by atoms with Gasteiger partial charge in [0.15, 0.2) is 0 Å². The van der Waals surface area contributed by atoms with Crippen molar-refractivity contribution in [2.24, 2.45) is 5.41 Å². The van der Waals surface area contributed by atoms with Crippen molar-refractivity contribution in [3.8, 4) is 0 Å². The number of carbonyl (C=O) groups is 1. The SMILES string of the molecule is COC1CNC(C(=O)NCC2(C)CCCCC2)C1. The molecule has 4 heteroatoms. The average molecular weight is 254 g/mol. The molecule has 2 atom stereocenters. The molecule has 2 N–H and O–H groups in total. The highest BCUT2D eigenvalue weighted by Gasteiger charge is 2.32. The Morgan fingerprint density at radius 2 is 2.11 bits per heavy atom. The fourth-order valence-electron chi connectivity index (χ4n) is 3.09. The monoisotopic (exact) mass is 254 g/mol. The number of amides is 1. The normalized spacial score (nSPS) is 31.2. The number of nitrogens with one attached hydrogen (secondary N) is 2. The van der Waals surface area contributed by atoms with Crippen LogP contribution in [0.15, 0.2) is 0 Å². The average Bonchev–Trinajstić information content (AvgIpc) is 2.86. The van der Waals surface area contributed by atoms with Crippen molar-refractivity contribution in [1.29, 1.82) is 0 Å². The van der Waals surface area contributed by atoms with Gasteiger partial charge in [0.05, 0.1) is 12.1 Å². The van der Waals surface area contributed by atoms with Crippen molar-refractivity contribution in [3.05, 3.63) is 0 Å². The Hall–Kier alpha value is -0.610. The summed E-state index contributed by atoms with van der Waals surface area (Å²) < 4.78 is 5.26. The van der Waals surface area contributed by atoms with Crippen LogP contribution >= 0.6 is 0 Å². The Bertz CT molecular complexity index is 288. The van der Waals surface area contributed by atoms with Crippen molar-refractivity contribution in [3.63, 3.8) is 0 Å². The molecular formula is C14H26N2O2. The second-order valence-electron chi connectivity index (χ2n) is 6.14. The van der Waals surface area contributed by atoms with Crippen molar-refractivity contribution in [1.82, 2.24) is 10.6 Å². The molecule has 1 saturated carbocycles. The fourth-order valence-corrected chi connectivity index (χ4v) is 3.09. The molecule has 0 spiro atoms. The van der Waals surface area contributed by atoms with Crippen LogP contribution in [0.4, 0.5) is 0 Å². The lowest BCUT2D eigenvalue weighted by Gasteiger charge is -2.34. The van der Waals surface area contributed by atoms with E-state index in [-0.39, 0.29) is 18.1 Å². The Morgan fingerprint density at radius 3 is 2.72 bits per heavy atom. The Balaban J connectivity index is 1.74. The minimum absolute atomic E-state index is 0.0675. The van der Waals surface area contributed by atoms with Crippen LogP contribution in [-0.4, -0.2) is 38.3 Å². The van der Waals surface area contributed by atoms with Gasteiger partial charge in [0.2, 0.25) is 5.91 Å². The van der Waals surface area contributed by atoms with Gasteiger partial charge in [-0.1, -0.05) is 26.2 Å². The number of ether oxygens (including phenoxy) is 1. The summed E-state index contributed by atoms with van der Waals surface area (Å²) in [6.07, 6.45) is 7.42. The lowest BCUT2D eigenvalue weighted by molar-refractivity contribution is -0.123. The number of rotatable bonds is 4. The molecule has 0 aromatic heterocycles. The van der Waals surface area contributed by atoms with Crippen LogP contribution in [0.3, 0.4) is 0 Å². The van der Waals surface area contributed by atoms with E-state index < -0.39 is 0 Å². The van der Waals surface area contributed by atoms with Crippen LogP contribution in [0.5, 0.6) is 0 Å². The van der Waals surface area contributed by atoms with Gasteiger partial charge in [0.25, 0.3) is 0 Å².